The highest BCUT2D eigenvalue weighted by atomic mass is 16.2. The third kappa shape index (κ3) is 3.04. The van der Waals surface area contributed by atoms with Gasteiger partial charge >= 0.3 is 0 Å². The van der Waals surface area contributed by atoms with E-state index >= 15 is 0 Å². The van der Waals surface area contributed by atoms with Crippen LogP contribution < -0.4 is 10.9 Å². The zero-order valence-electron chi connectivity index (χ0n) is 10.5. The molecule has 19 heavy (non-hydrogen) atoms. The van der Waals surface area contributed by atoms with Crippen molar-refractivity contribution in [1.82, 2.24) is 10.9 Å². The number of hydrogen-bond donors (Lipinski definition) is 2. The molecule has 0 spiro atoms. The minimum atomic E-state index is -0.494. The minimum absolute atomic E-state index is 0.178. The Labute approximate surface area is 110 Å². The Balaban J connectivity index is 1.95. The predicted octanol–water partition coefficient (Wildman–Crippen LogP) is 0.649. The second-order valence-electron chi connectivity index (χ2n) is 4.04. The number of hydrogen-bond acceptors (Lipinski definition) is 4. The van der Waals surface area contributed by atoms with Crippen molar-refractivity contribution in [2.45, 2.75) is 13.3 Å². The summed E-state index contributed by atoms with van der Waals surface area (Å²) < 4.78 is 0. The maximum absolute atomic E-state index is 11.8. The van der Waals surface area contributed by atoms with E-state index in [9.17, 15) is 9.59 Å². The lowest BCUT2D eigenvalue weighted by Gasteiger charge is -2.05. The standard InChI is InChI=1S/C13H14N4O2/c1-2-10-11(15-17-12(10)18)13(19)16-14-8-9-6-4-3-5-7-9/h3-8,10H,2H2,1H3,(H,16,19)(H,17,18). The van der Waals surface area contributed by atoms with Crippen molar-refractivity contribution >= 4 is 23.7 Å². The smallest absolute Gasteiger partial charge is 0.272 e. The van der Waals surface area contributed by atoms with Crippen LogP contribution in [0.2, 0.25) is 0 Å². The molecule has 1 unspecified atom stereocenters. The average Bonchev–Trinajstić information content (AvgIpc) is 2.81. The summed E-state index contributed by atoms with van der Waals surface area (Å²) in [6.07, 6.45) is 2.06. The second kappa shape index (κ2) is 5.90. The van der Waals surface area contributed by atoms with Gasteiger partial charge in [-0.15, -0.1) is 0 Å². The molecule has 6 nitrogen and oxygen atoms in total. The van der Waals surface area contributed by atoms with Crippen LogP contribution >= 0.6 is 0 Å². The van der Waals surface area contributed by atoms with E-state index < -0.39 is 11.8 Å². The maximum atomic E-state index is 11.8. The molecule has 0 aromatic heterocycles. The van der Waals surface area contributed by atoms with Crippen LogP contribution in [0.3, 0.4) is 0 Å². The van der Waals surface area contributed by atoms with E-state index in [1.807, 2.05) is 37.3 Å². The summed E-state index contributed by atoms with van der Waals surface area (Å²) in [5.41, 5.74) is 5.71. The van der Waals surface area contributed by atoms with Crippen LogP contribution in [0, 0.1) is 5.92 Å². The van der Waals surface area contributed by atoms with Gasteiger partial charge < -0.3 is 0 Å². The Bertz CT molecular complexity index is 537. The molecule has 2 amide bonds. The quantitative estimate of drug-likeness (QED) is 0.614. The summed E-state index contributed by atoms with van der Waals surface area (Å²) in [6, 6.07) is 9.37. The molecule has 2 rings (SSSR count). The van der Waals surface area contributed by atoms with E-state index in [1.165, 1.54) is 6.21 Å². The summed E-state index contributed by atoms with van der Waals surface area (Å²) >= 11 is 0. The summed E-state index contributed by atoms with van der Waals surface area (Å²) in [4.78, 5) is 23.2. The van der Waals surface area contributed by atoms with Crippen molar-refractivity contribution in [2.24, 2.45) is 16.1 Å². The van der Waals surface area contributed by atoms with Gasteiger partial charge in [-0.2, -0.15) is 10.2 Å². The van der Waals surface area contributed by atoms with Crippen LogP contribution in [0.1, 0.15) is 18.9 Å². The molecule has 1 aliphatic heterocycles. The molecule has 2 N–H and O–H groups in total. The molecule has 1 atom stereocenters. The molecule has 1 aromatic rings. The maximum Gasteiger partial charge on any atom is 0.288 e. The van der Waals surface area contributed by atoms with Crippen molar-refractivity contribution in [3.8, 4) is 0 Å². The molecule has 98 valence electrons. The number of carbonyl (C=O) groups excluding carboxylic acids is 2. The van der Waals surface area contributed by atoms with Gasteiger partial charge in [-0.3, -0.25) is 9.59 Å². The van der Waals surface area contributed by atoms with Crippen LogP contribution in [0.4, 0.5) is 0 Å². The van der Waals surface area contributed by atoms with Crippen LogP contribution in [0.15, 0.2) is 40.5 Å². The Kier molecular flexibility index (Phi) is 4.02. The molecule has 0 fully saturated rings. The SMILES string of the molecule is CCC1C(=O)NN=C1C(=O)NN=Cc1ccccc1. The Morgan fingerprint density at radius 3 is 2.89 bits per heavy atom. The van der Waals surface area contributed by atoms with Gasteiger partial charge in [0.05, 0.1) is 12.1 Å². The first-order chi connectivity index (χ1) is 9.22. The van der Waals surface area contributed by atoms with Gasteiger partial charge in [0.25, 0.3) is 5.91 Å². The molecule has 0 saturated carbocycles. The van der Waals surface area contributed by atoms with Gasteiger partial charge in [-0.1, -0.05) is 37.3 Å². The Hall–Kier alpha value is -2.50. The highest BCUT2D eigenvalue weighted by Crippen LogP contribution is 2.11. The third-order valence-corrected chi connectivity index (χ3v) is 2.75. The van der Waals surface area contributed by atoms with E-state index in [0.717, 1.165) is 5.56 Å². The molecule has 6 heteroatoms. The lowest BCUT2D eigenvalue weighted by Crippen LogP contribution is -2.33. The van der Waals surface area contributed by atoms with Crippen LogP contribution in [-0.2, 0) is 9.59 Å². The number of nitrogens with one attached hydrogen (secondary N) is 2. The summed E-state index contributed by atoms with van der Waals surface area (Å²) in [5.74, 6) is -1.20. The molecule has 0 radical (unpaired) electrons. The first-order valence-electron chi connectivity index (χ1n) is 5.98. The molecular formula is C13H14N4O2. The molecule has 1 aromatic carbocycles. The fraction of sp³-hybridized carbons (Fsp3) is 0.231. The third-order valence-electron chi connectivity index (χ3n) is 2.75. The van der Waals surface area contributed by atoms with Crippen molar-refractivity contribution in [2.75, 3.05) is 0 Å². The molecule has 0 bridgehead atoms. The number of benzene rings is 1. The van der Waals surface area contributed by atoms with E-state index in [1.54, 1.807) is 0 Å². The summed E-state index contributed by atoms with van der Waals surface area (Å²) in [5, 5.41) is 7.56. The first-order valence-corrected chi connectivity index (χ1v) is 5.98. The number of amides is 2. The Morgan fingerprint density at radius 1 is 1.47 bits per heavy atom. The normalized spacial score (nSPS) is 18.3. The first kappa shape index (κ1) is 12.9. The largest absolute Gasteiger partial charge is 0.288 e. The van der Waals surface area contributed by atoms with Crippen LogP contribution in [-0.4, -0.2) is 23.7 Å². The monoisotopic (exact) mass is 258 g/mol. The topological polar surface area (TPSA) is 82.9 Å². The summed E-state index contributed by atoms with van der Waals surface area (Å²) in [7, 11) is 0. The zero-order valence-corrected chi connectivity index (χ0v) is 10.5. The van der Waals surface area contributed by atoms with E-state index in [-0.39, 0.29) is 11.6 Å². The van der Waals surface area contributed by atoms with E-state index in [2.05, 4.69) is 21.1 Å². The second-order valence-corrected chi connectivity index (χ2v) is 4.04. The molecule has 0 saturated heterocycles. The number of carbonyl (C=O) groups is 2. The van der Waals surface area contributed by atoms with Crippen LogP contribution in [0.25, 0.3) is 0 Å². The minimum Gasteiger partial charge on any atom is -0.272 e. The number of hydrazone groups is 2. The van der Waals surface area contributed by atoms with E-state index in [0.29, 0.717) is 6.42 Å². The molecular weight excluding hydrogens is 244 g/mol. The number of nitrogens with zero attached hydrogens (tertiary/aromatic N) is 2. The Morgan fingerprint density at radius 2 is 2.21 bits per heavy atom. The molecule has 0 aliphatic carbocycles. The molecule has 1 heterocycles. The fourth-order valence-electron chi connectivity index (χ4n) is 1.74. The van der Waals surface area contributed by atoms with Crippen molar-refractivity contribution in [3.63, 3.8) is 0 Å². The average molecular weight is 258 g/mol. The van der Waals surface area contributed by atoms with Gasteiger partial charge in [0.2, 0.25) is 5.91 Å². The zero-order chi connectivity index (χ0) is 13.7. The van der Waals surface area contributed by atoms with Gasteiger partial charge in [0.15, 0.2) is 0 Å². The number of rotatable bonds is 4. The van der Waals surface area contributed by atoms with Gasteiger partial charge in [0.1, 0.15) is 5.71 Å². The predicted molar refractivity (Wildman–Crippen MR) is 71.5 cm³/mol. The lowest BCUT2D eigenvalue weighted by atomic mass is 10.0. The lowest BCUT2D eigenvalue weighted by molar-refractivity contribution is -0.123. The van der Waals surface area contributed by atoms with Gasteiger partial charge in [0, 0.05) is 0 Å². The van der Waals surface area contributed by atoms with Crippen molar-refractivity contribution in [1.29, 1.82) is 0 Å². The van der Waals surface area contributed by atoms with Gasteiger partial charge in [-0.05, 0) is 12.0 Å². The van der Waals surface area contributed by atoms with Gasteiger partial charge in [-0.25, -0.2) is 10.9 Å². The van der Waals surface area contributed by atoms with Crippen molar-refractivity contribution < 1.29 is 9.59 Å². The van der Waals surface area contributed by atoms with Crippen molar-refractivity contribution in [3.05, 3.63) is 35.9 Å². The molecule has 1 aliphatic rings. The fourth-order valence-corrected chi connectivity index (χ4v) is 1.74. The van der Waals surface area contributed by atoms with Crippen LogP contribution in [0.5, 0.6) is 0 Å². The highest BCUT2D eigenvalue weighted by Gasteiger charge is 2.32. The summed E-state index contributed by atoms with van der Waals surface area (Å²) in [6.45, 7) is 1.83. The highest BCUT2D eigenvalue weighted by molar-refractivity contribution is 6.44. The van der Waals surface area contributed by atoms with E-state index in [4.69, 9.17) is 0 Å².